The van der Waals surface area contributed by atoms with Gasteiger partial charge in [-0.05, 0) is 19.8 Å². The number of unbranched alkanes of at least 4 members (excludes halogenated alkanes) is 1. The zero-order valence-corrected chi connectivity index (χ0v) is 7.30. The standard InChI is InChI=1S/C7H13ClO3/c1-6(7(9)10)11-5-3-2-4-8/h6H,2-5H2,1H3,(H,9,10). The Kier molecular flexibility index (Phi) is 6.27. The molecule has 0 aliphatic carbocycles. The minimum Gasteiger partial charge on any atom is -0.479 e. The van der Waals surface area contributed by atoms with Gasteiger partial charge in [0.2, 0.25) is 0 Å². The molecule has 0 aromatic heterocycles. The normalized spacial score (nSPS) is 12.9. The lowest BCUT2D eigenvalue weighted by atomic mass is 10.3. The maximum atomic E-state index is 10.2. The van der Waals surface area contributed by atoms with E-state index < -0.39 is 12.1 Å². The van der Waals surface area contributed by atoms with E-state index in [-0.39, 0.29) is 0 Å². The summed E-state index contributed by atoms with van der Waals surface area (Å²) in [4.78, 5) is 10.2. The number of carboxylic acids is 1. The number of carbonyl (C=O) groups is 1. The van der Waals surface area contributed by atoms with Crippen LogP contribution in [0.3, 0.4) is 0 Å². The summed E-state index contributed by atoms with van der Waals surface area (Å²) < 4.78 is 4.95. The Bertz CT molecular complexity index is 116. The molecular formula is C7H13ClO3. The van der Waals surface area contributed by atoms with Gasteiger partial charge in [-0.2, -0.15) is 0 Å². The highest BCUT2D eigenvalue weighted by molar-refractivity contribution is 6.17. The molecule has 0 heterocycles. The SMILES string of the molecule is CC(OCCCCCl)C(=O)O. The van der Waals surface area contributed by atoms with Gasteiger partial charge in [-0.15, -0.1) is 11.6 Å². The minimum absolute atomic E-state index is 0.472. The largest absolute Gasteiger partial charge is 0.479 e. The van der Waals surface area contributed by atoms with Crippen molar-refractivity contribution in [1.82, 2.24) is 0 Å². The molecule has 0 aromatic rings. The van der Waals surface area contributed by atoms with Crippen LogP contribution in [-0.4, -0.2) is 29.7 Å². The quantitative estimate of drug-likeness (QED) is 0.498. The van der Waals surface area contributed by atoms with Crippen LogP contribution in [-0.2, 0) is 9.53 Å². The molecule has 4 heteroatoms. The number of rotatable bonds is 6. The molecule has 0 rings (SSSR count). The maximum absolute atomic E-state index is 10.2. The Morgan fingerprint density at radius 2 is 2.27 bits per heavy atom. The molecule has 0 saturated carbocycles. The first-order valence-electron chi connectivity index (χ1n) is 3.59. The molecule has 66 valence electrons. The van der Waals surface area contributed by atoms with Gasteiger partial charge in [0.05, 0.1) is 0 Å². The first kappa shape index (κ1) is 10.7. The fourth-order valence-electron chi connectivity index (χ4n) is 0.528. The number of carboxylic acid groups (broad SMARTS) is 1. The molecular weight excluding hydrogens is 168 g/mol. The van der Waals surface area contributed by atoms with Gasteiger partial charge < -0.3 is 9.84 Å². The zero-order chi connectivity index (χ0) is 8.69. The Morgan fingerprint density at radius 3 is 2.73 bits per heavy atom. The lowest BCUT2D eigenvalue weighted by molar-refractivity contribution is -0.149. The van der Waals surface area contributed by atoms with Crippen LogP contribution < -0.4 is 0 Å². The smallest absolute Gasteiger partial charge is 0.332 e. The highest BCUT2D eigenvalue weighted by Gasteiger charge is 2.09. The second-order valence-corrected chi connectivity index (χ2v) is 2.63. The van der Waals surface area contributed by atoms with E-state index in [0.29, 0.717) is 12.5 Å². The van der Waals surface area contributed by atoms with E-state index in [1.54, 1.807) is 0 Å². The average Bonchev–Trinajstić information content (AvgIpc) is 1.97. The number of hydrogen-bond donors (Lipinski definition) is 1. The molecule has 1 atom stereocenters. The lowest BCUT2D eigenvalue weighted by Gasteiger charge is -2.06. The number of halogens is 1. The van der Waals surface area contributed by atoms with E-state index in [1.165, 1.54) is 6.92 Å². The maximum Gasteiger partial charge on any atom is 0.332 e. The number of aliphatic carboxylic acids is 1. The van der Waals surface area contributed by atoms with Crippen molar-refractivity contribution in [3.8, 4) is 0 Å². The highest BCUT2D eigenvalue weighted by Crippen LogP contribution is 1.96. The molecule has 1 unspecified atom stereocenters. The summed E-state index contributed by atoms with van der Waals surface area (Å²) in [6.07, 6.45) is 0.986. The minimum atomic E-state index is -0.920. The van der Waals surface area contributed by atoms with Crippen molar-refractivity contribution in [3.05, 3.63) is 0 Å². The first-order chi connectivity index (χ1) is 5.18. The summed E-state index contributed by atoms with van der Waals surface area (Å²) in [5.74, 6) is -0.318. The second kappa shape index (κ2) is 6.43. The van der Waals surface area contributed by atoms with Gasteiger partial charge in [-0.25, -0.2) is 4.79 Å². The molecule has 0 radical (unpaired) electrons. The third-order valence-corrected chi connectivity index (χ3v) is 1.51. The Balaban J connectivity index is 3.17. The van der Waals surface area contributed by atoms with E-state index in [2.05, 4.69) is 0 Å². The molecule has 0 bridgehead atoms. The summed E-state index contributed by atoms with van der Waals surface area (Å²) in [5.41, 5.74) is 0. The summed E-state index contributed by atoms with van der Waals surface area (Å²) in [6, 6.07) is 0. The van der Waals surface area contributed by atoms with Crippen molar-refractivity contribution in [3.63, 3.8) is 0 Å². The van der Waals surface area contributed by atoms with Gasteiger partial charge in [-0.1, -0.05) is 0 Å². The van der Waals surface area contributed by atoms with Crippen molar-refractivity contribution in [2.24, 2.45) is 0 Å². The summed E-state index contributed by atoms with van der Waals surface area (Å²) in [6.45, 7) is 1.99. The van der Waals surface area contributed by atoms with E-state index in [0.717, 1.165) is 12.8 Å². The fraction of sp³-hybridized carbons (Fsp3) is 0.857. The Labute approximate surface area is 71.3 Å². The topological polar surface area (TPSA) is 46.5 Å². The predicted octanol–water partition coefficient (Wildman–Crippen LogP) is 1.50. The van der Waals surface area contributed by atoms with Crippen LogP contribution in [0.2, 0.25) is 0 Å². The van der Waals surface area contributed by atoms with Crippen molar-refractivity contribution >= 4 is 17.6 Å². The van der Waals surface area contributed by atoms with Gasteiger partial charge in [-0.3, -0.25) is 0 Å². The highest BCUT2D eigenvalue weighted by atomic mass is 35.5. The zero-order valence-electron chi connectivity index (χ0n) is 6.55. The van der Waals surface area contributed by atoms with E-state index >= 15 is 0 Å². The number of alkyl halides is 1. The van der Waals surface area contributed by atoms with Crippen molar-refractivity contribution in [1.29, 1.82) is 0 Å². The number of ether oxygens (including phenoxy) is 1. The van der Waals surface area contributed by atoms with Crippen LogP contribution in [0.1, 0.15) is 19.8 Å². The van der Waals surface area contributed by atoms with E-state index in [9.17, 15) is 4.79 Å². The van der Waals surface area contributed by atoms with Crippen LogP contribution in [0.5, 0.6) is 0 Å². The number of hydrogen-bond acceptors (Lipinski definition) is 2. The summed E-state index contributed by atoms with van der Waals surface area (Å²) in [7, 11) is 0. The van der Waals surface area contributed by atoms with Crippen LogP contribution in [0, 0.1) is 0 Å². The molecule has 0 fully saturated rings. The molecule has 0 aliphatic heterocycles. The third kappa shape index (κ3) is 6.13. The monoisotopic (exact) mass is 180 g/mol. The molecule has 11 heavy (non-hydrogen) atoms. The first-order valence-corrected chi connectivity index (χ1v) is 4.12. The molecule has 0 amide bonds. The Hall–Kier alpha value is -0.280. The van der Waals surface area contributed by atoms with Crippen molar-refractivity contribution < 1.29 is 14.6 Å². The summed E-state index contributed by atoms with van der Waals surface area (Å²) in [5, 5.41) is 8.39. The molecule has 0 saturated heterocycles. The van der Waals surface area contributed by atoms with Gasteiger partial charge in [0, 0.05) is 12.5 Å². The van der Waals surface area contributed by atoms with Gasteiger partial charge in [0.25, 0.3) is 0 Å². The van der Waals surface area contributed by atoms with Crippen LogP contribution in [0.4, 0.5) is 0 Å². The third-order valence-electron chi connectivity index (χ3n) is 1.24. The van der Waals surface area contributed by atoms with Gasteiger partial charge in [0.1, 0.15) is 0 Å². The van der Waals surface area contributed by atoms with E-state index in [1.807, 2.05) is 0 Å². The van der Waals surface area contributed by atoms with E-state index in [4.69, 9.17) is 21.4 Å². The lowest BCUT2D eigenvalue weighted by Crippen LogP contribution is -2.20. The molecule has 1 N–H and O–H groups in total. The Morgan fingerprint density at radius 1 is 1.64 bits per heavy atom. The molecule has 0 aromatic carbocycles. The predicted molar refractivity (Wildman–Crippen MR) is 43.0 cm³/mol. The average molecular weight is 181 g/mol. The van der Waals surface area contributed by atoms with Crippen LogP contribution >= 0.6 is 11.6 Å². The molecule has 0 aliphatic rings. The van der Waals surface area contributed by atoms with Crippen molar-refractivity contribution in [2.75, 3.05) is 12.5 Å². The second-order valence-electron chi connectivity index (χ2n) is 2.25. The van der Waals surface area contributed by atoms with Crippen molar-refractivity contribution in [2.45, 2.75) is 25.9 Å². The summed E-state index contributed by atoms with van der Waals surface area (Å²) >= 11 is 5.41. The van der Waals surface area contributed by atoms with Crippen LogP contribution in [0.15, 0.2) is 0 Å². The molecule has 3 nitrogen and oxygen atoms in total. The van der Waals surface area contributed by atoms with Gasteiger partial charge >= 0.3 is 5.97 Å². The van der Waals surface area contributed by atoms with Crippen LogP contribution in [0.25, 0.3) is 0 Å². The fourth-order valence-corrected chi connectivity index (χ4v) is 0.717. The van der Waals surface area contributed by atoms with Gasteiger partial charge in [0.15, 0.2) is 6.10 Å². The molecule has 0 spiro atoms.